The number of hydrogen-bond acceptors (Lipinski definition) is 0. The number of rotatable bonds is 5. The van der Waals surface area contributed by atoms with Crippen molar-refractivity contribution in [2.24, 2.45) is 5.92 Å². The molecule has 0 N–H and O–H groups in total. The van der Waals surface area contributed by atoms with Crippen LogP contribution in [0.5, 0.6) is 0 Å². The van der Waals surface area contributed by atoms with Gasteiger partial charge in [-0.3, -0.25) is 0 Å². The molecule has 1 saturated carbocycles. The monoisotopic (exact) mass is 152 g/mol. The lowest BCUT2D eigenvalue weighted by molar-refractivity contribution is 0.358. The molecule has 0 atom stereocenters. The molecule has 0 bridgehead atoms. The molecule has 0 aliphatic heterocycles. The van der Waals surface area contributed by atoms with Gasteiger partial charge in [-0.25, -0.2) is 0 Å². The molecule has 0 unspecified atom stereocenters. The Morgan fingerprint density at radius 2 is 2.09 bits per heavy atom. The van der Waals surface area contributed by atoms with E-state index in [1.54, 1.807) is 0 Å². The normalized spacial score (nSPS) is 17.9. The fraction of sp³-hybridized carbons (Fsp3) is 0.818. The molecule has 64 valence electrons. The molecule has 0 heterocycles. The van der Waals surface area contributed by atoms with Crippen LogP contribution in [-0.2, 0) is 0 Å². The number of hydrogen-bond donors (Lipinski definition) is 0. The van der Waals surface area contributed by atoms with Gasteiger partial charge in [0, 0.05) is 0 Å². The Morgan fingerprint density at radius 3 is 2.55 bits per heavy atom. The Labute approximate surface area is 70.7 Å². The number of allylic oxidation sites excluding steroid dienone is 1. The Morgan fingerprint density at radius 1 is 1.36 bits per heavy atom. The molecule has 1 rings (SSSR count). The molecule has 0 nitrogen and oxygen atoms in total. The van der Waals surface area contributed by atoms with Crippen LogP contribution >= 0.6 is 0 Å². The summed E-state index contributed by atoms with van der Waals surface area (Å²) in [5.41, 5.74) is 1.53. The third kappa shape index (κ3) is 2.69. The summed E-state index contributed by atoms with van der Waals surface area (Å²) in [6, 6.07) is 0. The lowest BCUT2D eigenvalue weighted by atomic mass is 9.78. The molecule has 0 heteroatoms. The van der Waals surface area contributed by atoms with Gasteiger partial charge in [0.05, 0.1) is 0 Å². The van der Waals surface area contributed by atoms with Gasteiger partial charge in [-0.2, -0.15) is 0 Å². The van der Waals surface area contributed by atoms with Gasteiger partial charge in [0.2, 0.25) is 0 Å². The van der Waals surface area contributed by atoms with Crippen LogP contribution in [0.1, 0.15) is 51.9 Å². The zero-order valence-corrected chi connectivity index (χ0v) is 7.73. The van der Waals surface area contributed by atoms with Crippen LogP contribution in [0, 0.1) is 5.92 Å². The lowest BCUT2D eigenvalue weighted by Gasteiger charge is -2.27. The lowest BCUT2D eigenvalue weighted by Crippen LogP contribution is -2.12. The van der Waals surface area contributed by atoms with Gasteiger partial charge in [-0.05, 0) is 31.6 Å². The first-order valence-electron chi connectivity index (χ1n) is 5.02. The summed E-state index contributed by atoms with van der Waals surface area (Å²) < 4.78 is 0. The van der Waals surface area contributed by atoms with Crippen molar-refractivity contribution in [1.82, 2.24) is 0 Å². The molecule has 1 aliphatic carbocycles. The summed E-state index contributed by atoms with van der Waals surface area (Å²) in [4.78, 5) is 0. The minimum absolute atomic E-state index is 0.909. The van der Waals surface area contributed by atoms with Crippen molar-refractivity contribution in [2.45, 2.75) is 51.9 Å². The first-order valence-corrected chi connectivity index (χ1v) is 5.02. The average Bonchev–Trinajstić information content (AvgIpc) is 1.84. The highest BCUT2D eigenvalue weighted by Gasteiger charge is 2.19. The van der Waals surface area contributed by atoms with Crippen LogP contribution in [0.4, 0.5) is 0 Å². The van der Waals surface area contributed by atoms with Crippen LogP contribution in [-0.4, -0.2) is 0 Å². The standard InChI is InChI=1S/C11H20/c1-3-4-5-7-10(2)11-8-6-9-11/h11H,2-9H2,1H3. The molecule has 1 fully saturated rings. The zero-order valence-electron chi connectivity index (χ0n) is 7.73. The van der Waals surface area contributed by atoms with Gasteiger partial charge < -0.3 is 0 Å². The van der Waals surface area contributed by atoms with Gasteiger partial charge in [0.15, 0.2) is 0 Å². The second kappa shape index (κ2) is 4.58. The van der Waals surface area contributed by atoms with Crippen molar-refractivity contribution in [3.05, 3.63) is 12.2 Å². The first kappa shape index (κ1) is 8.83. The Kier molecular flexibility index (Phi) is 3.68. The Hall–Kier alpha value is -0.260. The molecule has 0 spiro atoms. The van der Waals surface area contributed by atoms with Gasteiger partial charge in [0.1, 0.15) is 0 Å². The van der Waals surface area contributed by atoms with Crippen molar-refractivity contribution < 1.29 is 0 Å². The summed E-state index contributed by atoms with van der Waals surface area (Å²) in [6.07, 6.45) is 9.65. The third-order valence-electron chi connectivity index (χ3n) is 2.78. The topological polar surface area (TPSA) is 0 Å². The van der Waals surface area contributed by atoms with Gasteiger partial charge in [-0.1, -0.05) is 38.3 Å². The third-order valence-corrected chi connectivity index (χ3v) is 2.78. The molecule has 0 aromatic rings. The van der Waals surface area contributed by atoms with Crippen LogP contribution in [0.3, 0.4) is 0 Å². The van der Waals surface area contributed by atoms with E-state index in [4.69, 9.17) is 0 Å². The fourth-order valence-corrected chi connectivity index (χ4v) is 1.62. The zero-order chi connectivity index (χ0) is 8.10. The van der Waals surface area contributed by atoms with Gasteiger partial charge in [-0.15, -0.1) is 0 Å². The summed E-state index contributed by atoms with van der Waals surface area (Å²) in [5.74, 6) is 0.909. The van der Waals surface area contributed by atoms with Crippen LogP contribution < -0.4 is 0 Å². The van der Waals surface area contributed by atoms with Gasteiger partial charge in [0.25, 0.3) is 0 Å². The van der Waals surface area contributed by atoms with E-state index in [9.17, 15) is 0 Å². The highest BCUT2D eigenvalue weighted by Crippen LogP contribution is 2.34. The van der Waals surface area contributed by atoms with E-state index in [0.29, 0.717) is 0 Å². The smallest absolute Gasteiger partial charge is 0.0206 e. The van der Waals surface area contributed by atoms with Crippen molar-refractivity contribution in [2.75, 3.05) is 0 Å². The first-order chi connectivity index (χ1) is 5.34. The van der Waals surface area contributed by atoms with E-state index in [1.165, 1.54) is 50.5 Å². The van der Waals surface area contributed by atoms with Crippen LogP contribution in [0.15, 0.2) is 12.2 Å². The Bertz CT molecular complexity index is 120. The van der Waals surface area contributed by atoms with Crippen molar-refractivity contribution >= 4 is 0 Å². The minimum atomic E-state index is 0.909. The fourth-order valence-electron chi connectivity index (χ4n) is 1.62. The maximum atomic E-state index is 4.15. The van der Waals surface area contributed by atoms with E-state index >= 15 is 0 Å². The molecule has 0 aromatic heterocycles. The minimum Gasteiger partial charge on any atom is -0.0996 e. The highest BCUT2D eigenvalue weighted by molar-refractivity contribution is 5.03. The second-order valence-corrected chi connectivity index (χ2v) is 3.74. The van der Waals surface area contributed by atoms with E-state index in [1.807, 2.05) is 0 Å². The largest absolute Gasteiger partial charge is 0.0996 e. The van der Waals surface area contributed by atoms with E-state index in [0.717, 1.165) is 5.92 Å². The van der Waals surface area contributed by atoms with Crippen molar-refractivity contribution in [3.63, 3.8) is 0 Å². The summed E-state index contributed by atoms with van der Waals surface area (Å²) in [6.45, 7) is 6.40. The van der Waals surface area contributed by atoms with Crippen molar-refractivity contribution in [3.8, 4) is 0 Å². The number of unbranched alkanes of at least 4 members (excludes halogenated alkanes) is 2. The molecule has 11 heavy (non-hydrogen) atoms. The van der Waals surface area contributed by atoms with Gasteiger partial charge >= 0.3 is 0 Å². The predicted octanol–water partition coefficient (Wildman–Crippen LogP) is 3.92. The Balaban J connectivity index is 2.01. The summed E-state index contributed by atoms with van der Waals surface area (Å²) in [5, 5.41) is 0. The molecular weight excluding hydrogens is 132 g/mol. The molecule has 0 amide bonds. The van der Waals surface area contributed by atoms with Crippen LogP contribution in [0.2, 0.25) is 0 Å². The second-order valence-electron chi connectivity index (χ2n) is 3.74. The van der Waals surface area contributed by atoms with E-state index in [2.05, 4.69) is 13.5 Å². The average molecular weight is 152 g/mol. The summed E-state index contributed by atoms with van der Waals surface area (Å²) >= 11 is 0. The molecule has 0 radical (unpaired) electrons. The highest BCUT2D eigenvalue weighted by atomic mass is 14.2. The molecule has 0 aromatic carbocycles. The maximum Gasteiger partial charge on any atom is -0.0206 e. The predicted molar refractivity (Wildman–Crippen MR) is 50.6 cm³/mol. The SMILES string of the molecule is C=C(CCCCC)C1CCC1. The quantitative estimate of drug-likeness (QED) is 0.413. The van der Waals surface area contributed by atoms with E-state index < -0.39 is 0 Å². The van der Waals surface area contributed by atoms with E-state index in [-0.39, 0.29) is 0 Å². The van der Waals surface area contributed by atoms with Crippen LogP contribution in [0.25, 0.3) is 0 Å². The van der Waals surface area contributed by atoms with Crippen molar-refractivity contribution in [1.29, 1.82) is 0 Å². The maximum absolute atomic E-state index is 4.15. The molecule has 1 aliphatic rings. The summed E-state index contributed by atoms with van der Waals surface area (Å²) in [7, 11) is 0. The molecular formula is C11H20. The molecule has 0 saturated heterocycles.